The molecule has 0 aliphatic carbocycles. The summed E-state index contributed by atoms with van der Waals surface area (Å²) < 4.78 is 26.6. The molecule has 3 rings (SSSR count). The lowest BCUT2D eigenvalue weighted by Crippen LogP contribution is -2.28. The molecule has 1 atom stereocenters. The van der Waals surface area contributed by atoms with Gasteiger partial charge >= 0.3 is 0 Å². The molecule has 0 bridgehead atoms. The van der Waals surface area contributed by atoms with Crippen LogP contribution in [0, 0.1) is 5.92 Å². The summed E-state index contributed by atoms with van der Waals surface area (Å²) in [5.41, 5.74) is 2.19. The van der Waals surface area contributed by atoms with E-state index in [4.69, 9.17) is 0 Å². The molecule has 1 fully saturated rings. The van der Waals surface area contributed by atoms with E-state index < -0.39 is 10.0 Å². The van der Waals surface area contributed by atoms with E-state index in [2.05, 4.69) is 12.2 Å². The second kappa shape index (κ2) is 4.24. The topological polar surface area (TPSA) is 49.4 Å². The number of benzene rings is 1. The first-order chi connectivity index (χ1) is 8.57. The van der Waals surface area contributed by atoms with Crippen molar-refractivity contribution in [3.63, 3.8) is 0 Å². The maximum Gasteiger partial charge on any atom is 0.243 e. The molecule has 2 aliphatic heterocycles. The average molecular weight is 266 g/mol. The van der Waals surface area contributed by atoms with Crippen molar-refractivity contribution in [1.82, 2.24) is 4.31 Å². The highest BCUT2D eigenvalue weighted by molar-refractivity contribution is 7.89. The van der Waals surface area contributed by atoms with Gasteiger partial charge in [0.05, 0.1) is 4.90 Å². The number of hydrogen-bond donors (Lipinski definition) is 1. The number of fused-ring (bicyclic) bond motifs is 1. The summed E-state index contributed by atoms with van der Waals surface area (Å²) in [5.74, 6) is 0.468. The molecule has 4 nitrogen and oxygen atoms in total. The van der Waals surface area contributed by atoms with E-state index >= 15 is 0 Å². The van der Waals surface area contributed by atoms with Gasteiger partial charge in [-0.2, -0.15) is 4.31 Å². The van der Waals surface area contributed by atoms with E-state index in [1.165, 1.54) is 0 Å². The minimum absolute atomic E-state index is 0.444. The number of nitrogens with one attached hydrogen (secondary N) is 1. The number of rotatable bonds is 2. The van der Waals surface area contributed by atoms with Crippen LogP contribution in [0.3, 0.4) is 0 Å². The zero-order chi connectivity index (χ0) is 12.8. The zero-order valence-electron chi connectivity index (χ0n) is 10.5. The molecule has 2 heterocycles. The van der Waals surface area contributed by atoms with Crippen LogP contribution in [0.25, 0.3) is 0 Å². The van der Waals surface area contributed by atoms with Gasteiger partial charge < -0.3 is 5.32 Å². The first-order valence-corrected chi connectivity index (χ1v) is 7.88. The molecule has 2 aliphatic rings. The fraction of sp³-hybridized carbons (Fsp3) is 0.538. The third-order valence-electron chi connectivity index (χ3n) is 3.81. The van der Waals surface area contributed by atoms with Gasteiger partial charge in [-0.25, -0.2) is 8.42 Å². The van der Waals surface area contributed by atoms with E-state index in [-0.39, 0.29) is 0 Å². The first kappa shape index (κ1) is 12.0. The molecule has 1 aromatic rings. The van der Waals surface area contributed by atoms with Gasteiger partial charge in [0.2, 0.25) is 10.0 Å². The molecule has 98 valence electrons. The Morgan fingerprint density at radius 2 is 2.22 bits per heavy atom. The molecular weight excluding hydrogens is 248 g/mol. The van der Waals surface area contributed by atoms with Crippen LogP contribution in [0.1, 0.15) is 18.9 Å². The third kappa shape index (κ3) is 1.91. The smallest absolute Gasteiger partial charge is 0.243 e. The lowest BCUT2D eigenvalue weighted by Gasteiger charge is -2.16. The molecule has 0 spiro atoms. The van der Waals surface area contributed by atoms with Gasteiger partial charge in [0.15, 0.2) is 0 Å². The molecule has 18 heavy (non-hydrogen) atoms. The maximum atomic E-state index is 12.5. The average Bonchev–Trinajstić information content (AvgIpc) is 2.96. The number of anilines is 1. The molecule has 0 saturated carbocycles. The van der Waals surface area contributed by atoms with E-state index in [1.54, 1.807) is 10.4 Å². The van der Waals surface area contributed by atoms with Crippen molar-refractivity contribution in [2.24, 2.45) is 5.92 Å². The normalized spacial score (nSPS) is 23.9. The second-order valence-electron chi connectivity index (χ2n) is 5.25. The van der Waals surface area contributed by atoms with Gasteiger partial charge in [-0.15, -0.1) is 0 Å². The van der Waals surface area contributed by atoms with Crippen molar-refractivity contribution in [3.05, 3.63) is 23.8 Å². The van der Waals surface area contributed by atoms with E-state index in [0.717, 1.165) is 30.6 Å². The van der Waals surface area contributed by atoms with Gasteiger partial charge in [-0.3, -0.25) is 0 Å². The summed E-state index contributed by atoms with van der Waals surface area (Å²) >= 11 is 0. The van der Waals surface area contributed by atoms with Crippen molar-refractivity contribution in [1.29, 1.82) is 0 Å². The van der Waals surface area contributed by atoms with Crippen molar-refractivity contribution >= 4 is 15.7 Å². The van der Waals surface area contributed by atoms with Crippen LogP contribution in [0.4, 0.5) is 5.69 Å². The van der Waals surface area contributed by atoms with Crippen LogP contribution >= 0.6 is 0 Å². The third-order valence-corrected chi connectivity index (χ3v) is 5.67. The van der Waals surface area contributed by atoms with Crippen molar-refractivity contribution in [2.45, 2.75) is 24.7 Å². The van der Waals surface area contributed by atoms with E-state index in [1.807, 2.05) is 12.1 Å². The summed E-state index contributed by atoms with van der Waals surface area (Å²) in [6.07, 6.45) is 1.88. The summed E-state index contributed by atoms with van der Waals surface area (Å²) in [4.78, 5) is 0.444. The Morgan fingerprint density at radius 1 is 1.39 bits per heavy atom. The van der Waals surface area contributed by atoms with Gasteiger partial charge in [0.1, 0.15) is 0 Å². The lowest BCUT2D eigenvalue weighted by atomic mass is 10.2. The standard InChI is InChI=1S/C13H18N2O2S/c1-10-5-7-15(9-10)18(16,17)12-2-3-13-11(8-12)4-6-14-13/h2-3,8,10,14H,4-7,9H2,1H3. The Kier molecular flexibility index (Phi) is 2.83. The zero-order valence-corrected chi connectivity index (χ0v) is 11.3. The van der Waals surface area contributed by atoms with Gasteiger partial charge in [0, 0.05) is 25.3 Å². The predicted octanol–water partition coefficient (Wildman–Crippen LogP) is 1.69. The fourth-order valence-corrected chi connectivity index (χ4v) is 4.33. The minimum atomic E-state index is -3.29. The molecule has 1 aromatic carbocycles. The van der Waals surface area contributed by atoms with Crippen molar-refractivity contribution in [2.75, 3.05) is 25.0 Å². The molecule has 1 N–H and O–H groups in total. The molecular formula is C13H18N2O2S. The minimum Gasteiger partial charge on any atom is -0.384 e. The quantitative estimate of drug-likeness (QED) is 0.886. The van der Waals surface area contributed by atoms with Crippen LogP contribution in [0.2, 0.25) is 0 Å². The van der Waals surface area contributed by atoms with Crippen LogP contribution < -0.4 is 5.32 Å². The van der Waals surface area contributed by atoms with Crippen LogP contribution in [-0.4, -0.2) is 32.4 Å². The van der Waals surface area contributed by atoms with Crippen molar-refractivity contribution in [3.8, 4) is 0 Å². The second-order valence-corrected chi connectivity index (χ2v) is 7.19. The summed E-state index contributed by atoms with van der Waals surface area (Å²) in [7, 11) is -3.29. The summed E-state index contributed by atoms with van der Waals surface area (Å²) in [6, 6.07) is 5.43. The lowest BCUT2D eigenvalue weighted by molar-refractivity contribution is 0.464. The van der Waals surface area contributed by atoms with E-state index in [9.17, 15) is 8.42 Å². The van der Waals surface area contributed by atoms with Gasteiger partial charge in [0.25, 0.3) is 0 Å². The Hall–Kier alpha value is -1.07. The molecule has 0 aromatic heterocycles. The molecule has 0 radical (unpaired) electrons. The monoisotopic (exact) mass is 266 g/mol. The Morgan fingerprint density at radius 3 is 2.94 bits per heavy atom. The van der Waals surface area contributed by atoms with Gasteiger partial charge in [-0.1, -0.05) is 6.92 Å². The Balaban J connectivity index is 1.94. The van der Waals surface area contributed by atoms with E-state index in [0.29, 0.717) is 23.9 Å². The summed E-state index contributed by atoms with van der Waals surface area (Å²) in [6.45, 7) is 4.30. The largest absolute Gasteiger partial charge is 0.384 e. The fourth-order valence-electron chi connectivity index (χ4n) is 2.70. The molecule has 0 amide bonds. The highest BCUT2D eigenvalue weighted by Crippen LogP contribution is 2.29. The Labute approximate surface area is 108 Å². The van der Waals surface area contributed by atoms with Crippen LogP contribution in [0.15, 0.2) is 23.1 Å². The summed E-state index contributed by atoms with van der Waals surface area (Å²) in [5, 5.41) is 3.25. The molecule has 5 heteroatoms. The first-order valence-electron chi connectivity index (χ1n) is 6.44. The number of nitrogens with zero attached hydrogens (tertiary/aromatic N) is 1. The molecule has 1 unspecified atom stereocenters. The van der Waals surface area contributed by atoms with Crippen LogP contribution in [0.5, 0.6) is 0 Å². The highest BCUT2D eigenvalue weighted by atomic mass is 32.2. The predicted molar refractivity (Wildman–Crippen MR) is 71.2 cm³/mol. The molecule has 1 saturated heterocycles. The number of hydrogen-bond acceptors (Lipinski definition) is 3. The maximum absolute atomic E-state index is 12.5. The number of sulfonamides is 1. The van der Waals surface area contributed by atoms with Gasteiger partial charge in [-0.05, 0) is 42.5 Å². The van der Waals surface area contributed by atoms with Crippen LogP contribution in [-0.2, 0) is 16.4 Å². The SMILES string of the molecule is CC1CCN(S(=O)(=O)c2ccc3c(c2)CCN3)C1. The highest BCUT2D eigenvalue weighted by Gasteiger charge is 2.31. The van der Waals surface area contributed by atoms with Crippen molar-refractivity contribution < 1.29 is 8.42 Å². The Bertz CT molecular complexity index is 568.